The Morgan fingerprint density at radius 2 is 1.74 bits per heavy atom. The fraction of sp³-hybridized carbons (Fsp3) is 0.188. The van der Waals surface area contributed by atoms with Crippen LogP contribution in [0.25, 0.3) is 0 Å². The molecule has 0 saturated carbocycles. The normalized spacial score (nSPS) is 12.8. The molecule has 0 bridgehead atoms. The minimum absolute atomic E-state index is 0.0692. The van der Waals surface area contributed by atoms with Gasteiger partial charge in [0.2, 0.25) is 11.9 Å². The lowest BCUT2D eigenvalue weighted by atomic mass is 10.3. The second-order valence-electron chi connectivity index (χ2n) is 5.45. The molecule has 0 aliphatic heterocycles. The Bertz CT molecular complexity index is 1020. The Hall–Kier alpha value is -2.79. The van der Waals surface area contributed by atoms with Crippen LogP contribution in [-0.2, 0) is 24.7 Å². The molecule has 9 nitrogen and oxygen atoms in total. The zero-order valence-electron chi connectivity index (χ0n) is 14.4. The Balaban J connectivity index is 2.11. The molecule has 1 aromatic heterocycles. The zero-order valence-corrected chi connectivity index (χ0v) is 16.0. The van der Waals surface area contributed by atoms with E-state index >= 15 is 0 Å². The van der Waals surface area contributed by atoms with Crippen molar-refractivity contribution in [3.8, 4) is 0 Å². The van der Waals surface area contributed by atoms with Gasteiger partial charge in [-0.1, -0.05) is 6.08 Å². The van der Waals surface area contributed by atoms with Crippen LogP contribution in [0.1, 0.15) is 6.92 Å². The van der Waals surface area contributed by atoms with E-state index in [9.17, 15) is 21.6 Å². The van der Waals surface area contributed by atoms with Gasteiger partial charge in [0, 0.05) is 18.1 Å². The Labute approximate surface area is 157 Å². The van der Waals surface area contributed by atoms with E-state index in [-0.39, 0.29) is 22.3 Å². The van der Waals surface area contributed by atoms with Crippen LogP contribution in [0.2, 0.25) is 0 Å². The molecule has 1 amide bonds. The molecule has 2 aromatic rings. The number of hydrogen-bond donors (Lipinski definition) is 2. The summed E-state index contributed by atoms with van der Waals surface area (Å²) in [5, 5.41) is 1.17. The molecule has 1 aromatic carbocycles. The van der Waals surface area contributed by atoms with Gasteiger partial charge in [-0.3, -0.25) is 4.79 Å². The number of hydrogen-bond acceptors (Lipinski definition) is 7. The number of nitrogens with zero attached hydrogens (tertiary/aromatic N) is 2. The first-order chi connectivity index (χ1) is 12.7. The van der Waals surface area contributed by atoms with E-state index in [1.165, 1.54) is 49.7 Å². The lowest BCUT2D eigenvalue weighted by Gasteiger charge is -2.12. The molecule has 0 spiro atoms. The number of carbonyl (C=O) groups excluding carboxylic acids is 1. The van der Waals surface area contributed by atoms with Gasteiger partial charge in [0.25, 0.3) is 10.0 Å². The summed E-state index contributed by atoms with van der Waals surface area (Å²) in [6.07, 6.45) is 4.00. The second-order valence-corrected chi connectivity index (χ2v) is 9.50. The number of carbonyl (C=O) groups is 1. The number of sulfone groups is 1. The molecular formula is C16H18N4O5S2. The molecule has 0 radical (unpaired) electrons. The van der Waals surface area contributed by atoms with Gasteiger partial charge < -0.3 is 5.32 Å². The predicted molar refractivity (Wildman–Crippen MR) is 101 cm³/mol. The summed E-state index contributed by atoms with van der Waals surface area (Å²) in [5.41, 5.74) is 0.260. The molecule has 0 aliphatic rings. The Morgan fingerprint density at radius 3 is 2.30 bits per heavy atom. The minimum Gasteiger partial charge on any atom is -0.325 e. The van der Waals surface area contributed by atoms with Crippen molar-refractivity contribution >= 4 is 37.4 Å². The third kappa shape index (κ3) is 5.34. The number of rotatable bonds is 8. The van der Waals surface area contributed by atoms with Crippen LogP contribution >= 0.6 is 0 Å². The van der Waals surface area contributed by atoms with Crippen LogP contribution in [0.3, 0.4) is 0 Å². The highest BCUT2D eigenvalue weighted by Gasteiger charge is 2.26. The molecule has 1 heterocycles. The fourth-order valence-corrected chi connectivity index (χ4v) is 3.92. The van der Waals surface area contributed by atoms with Gasteiger partial charge in [0.15, 0.2) is 9.84 Å². The molecule has 11 heteroatoms. The topological polar surface area (TPSA) is 135 Å². The van der Waals surface area contributed by atoms with Crippen LogP contribution in [0.5, 0.6) is 0 Å². The highest BCUT2D eigenvalue weighted by molar-refractivity contribution is 7.93. The second kappa shape index (κ2) is 8.27. The number of nitrogens with one attached hydrogen (secondary N) is 2. The van der Waals surface area contributed by atoms with Gasteiger partial charge in [0.05, 0.1) is 10.6 Å². The van der Waals surface area contributed by atoms with E-state index in [1.54, 1.807) is 6.07 Å². The maximum Gasteiger partial charge on any atom is 0.264 e. The zero-order chi connectivity index (χ0) is 20.1. The minimum atomic E-state index is -3.90. The van der Waals surface area contributed by atoms with Gasteiger partial charge in [-0.25, -0.2) is 31.5 Å². The van der Waals surface area contributed by atoms with Crippen LogP contribution in [0.15, 0.2) is 60.3 Å². The fourth-order valence-electron chi connectivity index (χ4n) is 1.96. The molecule has 144 valence electrons. The molecule has 0 fully saturated rings. The molecule has 1 atom stereocenters. The average Bonchev–Trinajstić information content (AvgIpc) is 2.62. The quantitative estimate of drug-likeness (QED) is 0.624. The maximum absolute atomic E-state index is 12.3. The standard InChI is InChI=1S/C16H18N4O5S2/c1-3-11-26(22,23)12(2)15(21)19-13-5-7-14(8-6-13)27(24,25)20-16-17-9-4-10-18-16/h3-10,12H,1,11H2,2H3,(H,19,21)(H,17,18,20). The summed E-state index contributed by atoms with van der Waals surface area (Å²) in [4.78, 5) is 19.6. The Kier molecular flexibility index (Phi) is 6.28. The first-order valence-electron chi connectivity index (χ1n) is 7.69. The van der Waals surface area contributed by atoms with Crippen molar-refractivity contribution in [3.63, 3.8) is 0 Å². The van der Waals surface area contributed by atoms with Crippen molar-refractivity contribution in [2.75, 3.05) is 15.8 Å². The van der Waals surface area contributed by atoms with Crippen LogP contribution in [0.4, 0.5) is 11.6 Å². The van der Waals surface area contributed by atoms with Crippen molar-refractivity contribution in [2.45, 2.75) is 17.1 Å². The summed E-state index contributed by atoms with van der Waals surface area (Å²) >= 11 is 0. The number of anilines is 2. The van der Waals surface area contributed by atoms with Crippen molar-refractivity contribution in [2.24, 2.45) is 0 Å². The lowest BCUT2D eigenvalue weighted by molar-refractivity contribution is -0.115. The summed E-state index contributed by atoms with van der Waals surface area (Å²) in [6, 6.07) is 6.79. The number of aromatic nitrogens is 2. The predicted octanol–water partition coefficient (Wildman–Crippen LogP) is 1.21. The van der Waals surface area contributed by atoms with Gasteiger partial charge in [-0.05, 0) is 37.3 Å². The van der Waals surface area contributed by atoms with Gasteiger partial charge >= 0.3 is 0 Å². The molecule has 2 N–H and O–H groups in total. The SMILES string of the molecule is C=CCS(=O)(=O)C(C)C(=O)Nc1ccc(S(=O)(=O)Nc2ncccn2)cc1. The maximum atomic E-state index is 12.3. The van der Waals surface area contributed by atoms with Crippen molar-refractivity contribution in [1.29, 1.82) is 0 Å². The molecular weight excluding hydrogens is 392 g/mol. The molecule has 0 aliphatic carbocycles. The van der Waals surface area contributed by atoms with E-state index in [0.29, 0.717) is 0 Å². The van der Waals surface area contributed by atoms with E-state index in [4.69, 9.17) is 0 Å². The van der Waals surface area contributed by atoms with Gasteiger partial charge in [-0.15, -0.1) is 6.58 Å². The average molecular weight is 410 g/mol. The van der Waals surface area contributed by atoms with Crippen molar-refractivity contribution in [1.82, 2.24) is 9.97 Å². The summed E-state index contributed by atoms with van der Waals surface area (Å²) < 4.78 is 50.6. The smallest absolute Gasteiger partial charge is 0.264 e. The van der Waals surface area contributed by atoms with E-state index < -0.39 is 31.0 Å². The molecule has 1 unspecified atom stereocenters. The first-order valence-corrected chi connectivity index (χ1v) is 10.9. The highest BCUT2D eigenvalue weighted by Crippen LogP contribution is 2.17. The van der Waals surface area contributed by atoms with Gasteiger partial charge in [0.1, 0.15) is 5.25 Å². The number of amides is 1. The van der Waals surface area contributed by atoms with E-state index in [1.807, 2.05) is 0 Å². The van der Waals surface area contributed by atoms with E-state index in [0.717, 1.165) is 0 Å². The van der Waals surface area contributed by atoms with Crippen molar-refractivity contribution in [3.05, 3.63) is 55.4 Å². The first kappa shape index (κ1) is 20.5. The summed E-state index contributed by atoms with van der Waals surface area (Å²) in [6.45, 7) is 4.63. The summed E-state index contributed by atoms with van der Waals surface area (Å²) in [7, 11) is -7.55. The third-order valence-corrected chi connectivity index (χ3v) is 6.82. The van der Waals surface area contributed by atoms with Crippen molar-refractivity contribution < 1.29 is 21.6 Å². The Morgan fingerprint density at radius 1 is 1.15 bits per heavy atom. The van der Waals surface area contributed by atoms with E-state index in [2.05, 4.69) is 26.6 Å². The largest absolute Gasteiger partial charge is 0.325 e. The van der Waals surface area contributed by atoms with Crippen LogP contribution in [-0.4, -0.2) is 43.7 Å². The van der Waals surface area contributed by atoms with Crippen LogP contribution < -0.4 is 10.0 Å². The third-order valence-electron chi connectivity index (χ3n) is 3.48. The summed E-state index contributed by atoms with van der Waals surface area (Å²) in [5.74, 6) is -1.11. The molecule has 0 saturated heterocycles. The molecule has 2 rings (SSSR count). The monoisotopic (exact) mass is 410 g/mol. The number of sulfonamides is 1. The number of benzene rings is 1. The lowest BCUT2D eigenvalue weighted by Crippen LogP contribution is -2.33. The van der Waals surface area contributed by atoms with Crippen LogP contribution in [0, 0.1) is 0 Å². The highest BCUT2D eigenvalue weighted by atomic mass is 32.2. The van der Waals surface area contributed by atoms with Gasteiger partial charge in [-0.2, -0.15) is 0 Å². The molecule has 27 heavy (non-hydrogen) atoms.